The lowest BCUT2D eigenvalue weighted by Crippen LogP contribution is -2.35. The van der Waals surface area contributed by atoms with Gasteiger partial charge in [0.1, 0.15) is 4.99 Å². The summed E-state index contributed by atoms with van der Waals surface area (Å²) in [5.74, 6) is 0. The molecule has 0 saturated heterocycles. The quantitative estimate of drug-likeness (QED) is 0.580. The maximum atomic E-state index is 5.53. The molecular formula is C15H21NS. The molecule has 92 valence electrons. The highest BCUT2D eigenvalue weighted by molar-refractivity contribution is 7.80. The molecule has 1 aromatic carbocycles. The van der Waals surface area contributed by atoms with Crippen LogP contribution < -0.4 is 0 Å². The highest BCUT2D eigenvalue weighted by Crippen LogP contribution is 2.13. The number of nitrogens with zero attached hydrogens (tertiary/aromatic N) is 1. The Morgan fingerprint density at radius 3 is 2.35 bits per heavy atom. The van der Waals surface area contributed by atoms with Crippen molar-refractivity contribution in [3.05, 3.63) is 47.5 Å². The van der Waals surface area contributed by atoms with Crippen LogP contribution in [-0.2, 0) is 6.54 Å². The van der Waals surface area contributed by atoms with Gasteiger partial charge >= 0.3 is 0 Å². The van der Waals surface area contributed by atoms with Crippen molar-refractivity contribution in [3.8, 4) is 0 Å². The highest BCUT2D eigenvalue weighted by atomic mass is 32.1. The summed E-state index contributed by atoms with van der Waals surface area (Å²) < 4.78 is 0. The van der Waals surface area contributed by atoms with Gasteiger partial charge in [-0.25, -0.2) is 0 Å². The molecule has 0 aliphatic rings. The van der Waals surface area contributed by atoms with Crippen molar-refractivity contribution in [2.45, 2.75) is 40.3 Å². The van der Waals surface area contributed by atoms with Crippen LogP contribution in [0.25, 0.3) is 0 Å². The molecule has 0 amide bonds. The summed E-state index contributed by atoms with van der Waals surface area (Å²) in [5.41, 5.74) is 2.47. The molecule has 0 unspecified atom stereocenters. The van der Waals surface area contributed by atoms with Crippen molar-refractivity contribution in [2.24, 2.45) is 0 Å². The lowest BCUT2D eigenvalue weighted by Gasteiger charge is -2.30. The van der Waals surface area contributed by atoms with E-state index in [1.807, 2.05) is 13.0 Å². The van der Waals surface area contributed by atoms with E-state index >= 15 is 0 Å². The molecule has 1 nitrogen and oxygen atoms in total. The third-order valence-electron chi connectivity index (χ3n) is 2.85. The van der Waals surface area contributed by atoms with Crippen LogP contribution in [0.3, 0.4) is 0 Å². The average molecular weight is 247 g/mol. The fourth-order valence-corrected chi connectivity index (χ4v) is 2.01. The summed E-state index contributed by atoms with van der Waals surface area (Å²) >= 11 is 5.53. The van der Waals surface area contributed by atoms with Gasteiger partial charge < -0.3 is 4.90 Å². The van der Waals surface area contributed by atoms with Crippen LogP contribution >= 0.6 is 12.2 Å². The molecule has 0 saturated carbocycles. The van der Waals surface area contributed by atoms with E-state index in [4.69, 9.17) is 12.2 Å². The summed E-state index contributed by atoms with van der Waals surface area (Å²) in [6.45, 7) is 9.34. The second-order valence-electron chi connectivity index (χ2n) is 4.48. The third-order valence-corrected chi connectivity index (χ3v) is 3.41. The Hall–Kier alpha value is -1.15. The van der Waals surface area contributed by atoms with Gasteiger partial charge in [-0.15, -0.1) is 0 Å². The van der Waals surface area contributed by atoms with E-state index < -0.39 is 0 Å². The van der Waals surface area contributed by atoms with Gasteiger partial charge in [0.25, 0.3) is 0 Å². The number of benzene rings is 1. The second kappa shape index (κ2) is 6.55. The third kappa shape index (κ3) is 3.97. The highest BCUT2D eigenvalue weighted by Gasteiger charge is 2.14. The molecule has 1 rings (SSSR count). The molecule has 0 atom stereocenters. The number of allylic oxidation sites excluding steroid dienone is 1. The number of hydrogen-bond donors (Lipinski definition) is 0. The van der Waals surface area contributed by atoms with Crippen LogP contribution in [0.15, 0.2) is 42.0 Å². The van der Waals surface area contributed by atoms with E-state index in [9.17, 15) is 0 Å². The van der Waals surface area contributed by atoms with Crippen LogP contribution in [0.1, 0.15) is 33.3 Å². The Kier molecular flexibility index (Phi) is 5.36. The summed E-state index contributed by atoms with van der Waals surface area (Å²) in [5, 5.41) is 0. The largest absolute Gasteiger partial charge is 0.356 e. The standard InChI is InChI=1S/C15H21NS/c1-5-13(4)15(17)16(12(2)3)11-14-9-7-6-8-10-14/h5-10,12H,11H2,1-4H3/b13-5+. The maximum Gasteiger partial charge on any atom is 0.105 e. The zero-order chi connectivity index (χ0) is 12.8. The Labute approximate surface area is 110 Å². The first-order chi connectivity index (χ1) is 8.06. The molecule has 0 spiro atoms. The summed E-state index contributed by atoms with van der Waals surface area (Å²) in [4.78, 5) is 3.21. The Balaban J connectivity index is 2.85. The van der Waals surface area contributed by atoms with E-state index in [-0.39, 0.29) is 0 Å². The molecule has 0 aliphatic heterocycles. The minimum atomic E-state index is 0.414. The monoisotopic (exact) mass is 247 g/mol. The van der Waals surface area contributed by atoms with Crippen LogP contribution in [-0.4, -0.2) is 15.9 Å². The molecule has 0 bridgehead atoms. The Morgan fingerprint density at radius 1 is 1.29 bits per heavy atom. The van der Waals surface area contributed by atoms with Gasteiger partial charge in [-0.1, -0.05) is 48.6 Å². The smallest absolute Gasteiger partial charge is 0.105 e. The van der Waals surface area contributed by atoms with Crippen molar-refractivity contribution in [1.82, 2.24) is 4.90 Å². The van der Waals surface area contributed by atoms with Gasteiger partial charge in [-0.3, -0.25) is 0 Å². The normalized spacial score (nSPS) is 11.7. The molecule has 0 aromatic heterocycles. The van der Waals surface area contributed by atoms with E-state index in [1.165, 1.54) is 11.1 Å². The van der Waals surface area contributed by atoms with Crippen LogP contribution in [0.5, 0.6) is 0 Å². The maximum absolute atomic E-state index is 5.53. The van der Waals surface area contributed by atoms with Crippen molar-refractivity contribution in [1.29, 1.82) is 0 Å². The van der Waals surface area contributed by atoms with Gasteiger partial charge in [-0.05, 0) is 38.8 Å². The molecule has 0 heterocycles. The molecule has 0 radical (unpaired) electrons. The van der Waals surface area contributed by atoms with E-state index in [0.717, 1.165) is 11.5 Å². The lowest BCUT2D eigenvalue weighted by molar-refractivity contribution is 0.349. The topological polar surface area (TPSA) is 3.24 Å². The van der Waals surface area contributed by atoms with Crippen molar-refractivity contribution >= 4 is 17.2 Å². The first-order valence-corrected chi connectivity index (χ1v) is 6.45. The fourth-order valence-electron chi connectivity index (χ4n) is 1.62. The van der Waals surface area contributed by atoms with Crippen LogP contribution in [0.2, 0.25) is 0 Å². The van der Waals surface area contributed by atoms with Crippen LogP contribution in [0.4, 0.5) is 0 Å². The van der Waals surface area contributed by atoms with Gasteiger partial charge in [0.15, 0.2) is 0 Å². The minimum Gasteiger partial charge on any atom is -0.356 e. The fraction of sp³-hybridized carbons (Fsp3) is 0.400. The number of hydrogen-bond acceptors (Lipinski definition) is 1. The average Bonchev–Trinajstić information content (AvgIpc) is 2.35. The zero-order valence-corrected chi connectivity index (χ0v) is 11.9. The van der Waals surface area contributed by atoms with Crippen LogP contribution in [0, 0.1) is 0 Å². The van der Waals surface area contributed by atoms with E-state index in [2.05, 4.69) is 56.0 Å². The first kappa shape index (κ1) is 13.9. The minimum absolute atomic E-state index is 0.414. The second-order valence-corrected chi connectivity index (χ2v) is 4.87. The molecule has 17 heavy (non-hydrogen) atoms. The van der Waals surface area contributed by atoms with E-state index in [0.29, 0.717) is 6.04 Å². The lowest BCUT2D eigenvalue weighted by atomic mass is 10.1. The predicted molar refractivity (Wildman–Crippen MR) is 79.2 cm³/mol. The summed E-state index contributed by atoms with van der Waals surface area (Å²) in [6.07, 6.45) is 2.07. The van der Waals surface area contributed by atoms with Crippen molar-refractivity contribution in [2.75, 3.05) is 0 Å². The van der Waals surface area contributed by atoms with Gasteiger partial charge in [0.05, 0.1) is 0 Å². The van der Waals surface area contributed by atoms with Gasteiger partial charge in [-0.2, -0.15) is 0 Å². The predicted octanol–water partition coefficient (Wildman–Crippen LogP) is 4.19. The van der Waals surface area contributed by atoms with Crippen molar-refractivity contribution < 1.29 is 0 Å². The summed E-state index contributed by atoms with van der Waals surface area (Å²) in [7, 11) is 0. The number of rotatable bonds is 4. The Morgan fingerprint density at radius 2 is 1.88 bits per heavy atom. The molecule has 1 aromatic rings. The number of thiocarbonyl (C=S) groups is 1. The molecule has 2 heteroatoms. The molecular weight excluding hydrogens is 226 g/mol. The SMILES string of the molecule is C/C=C(\C)C(=S)N(Cc1ccccc1)C(C)C. The molecule has 0 fully saturated rings. The zero-order valence-electron chi connectivity index (χ0n) is 11.1. The van der Waals surface area contributed by atoms with Crippen molar-refractivity contribution in [3.63, 3.8) is 0 Å². The van der Waals surface area contributed by atoms with Gasteiger partial charge in [0.2, 0.25) is 0 Å². The molecule has 0 aliphatic carbocycles. The van der Waals surface area contributed by atoms with Gasteiger partial charge in [0, 0.05) is 12.6 Å². The first-order valence-electron chi connectivity index (χ1n) is 6.04. The summed E-state index contributed by atoms with van der Waals surface area (Å²) in [6, 6.07) is 10.9. The van der Waals surface area contributed by atoms with E-state index in [1.54, 1.807) is 0 Å². The Bertz CT molecular complexity index is 393. The molecule has 0 N–H and O–H groups in total.